The standard InChI is InChI=1S/C26H28N8O3/c1-4-5-13-33-22-23(30-25(33)32-12-8-9-18(14-32)27-16-35)31(3)26(37)34(24(22)36)15-21-28-17(2)19-10-6-7-11-20(19)29-21/h6-7,10-11,16,18H,8-9,12-15H2,1-3H3,(H,27,35)/t18-/m1/s1. The second kappa shape index (κ2) is 9.89. The van der Waals surface area contributed by atoms with Crippen LogP contribution in [0.25, 0.3) is 22.1 Å². The van der Waals surface area contributed by atoms with Gasteiger partial charge in [0, 0.05) is 37.3 Å². The molecule has 0 bridgehead atoms. The number of carbonyl (C=O) groups is 1. The van der Waals surface area contributed by atoms with Crippen LogP contribution in [-0.4, -0.2) is 54.2 Å². The summed E-state index contributed by atoms with van der Waals surface area (Å²) in [6.45, 7) is 5.05. The Balaban J connectivity index is 1.66. The number of aryl methyl sites for hydroxylation is 2. The predicted molar refractivity (Wildman–Crippen MR) is 140 cm³/mol. The van der Waals surface area contributed by atoms with Crippen molar-refractivity contribution in [2.45, 2.75) is 45.8 Å². The predicted octanol–water partition coefficient (Wildman–Crippen LogP) is 0.935. The van der Waals surface area contributed by atoms with Gasteiger partial charge in [0.2, 0.25) is 12.4 Å². The van der Waals surface area contributed by atoms with Gasteiger partial charge in [-0.25, -0.2) is 14.8 Å². The first-order valence-electron chi connectivity index (χ1n) is 12.2. The molecule has 0 saturated carbocycles. The van der Waals surface area contributed by atoms with Crippen LogP contribution in [0.15, 0.2) is 33.9 Å². The van der Waals surface area contributed by atoms with Gasteiger partial charge in [-0.1, -0.05) is 24.1 Å². The Hall–Kier alpha value is -4.46. The second-order valence-corrected chi connectivity index (χ2v) is 9.14. The van der Waals surface area contributed by atoms with E-state index < -0.39 is 11.2 Å². The zero-order valence-corrected chi connectivity index (χ0v) is 21.1. The highest BCUT2D eigenvalue weighted by atomic mass is 16.2. The van der Waals surface area contributed by atoms with E-state index in [4.69, 9.17) is 4.98 Å². The summed E-state index contributed by atoms with van der Waals surface area (Å²) < 4.78 is 4.30. The van der Waals surface area contributed by atoms with Gasteiger partial charge in [-0.3, -0.25) is 23.3 Å². The van der Waals surface area contributed by atoms with Gasteiger partial charge in [0.05, 0.1) is 18.6 Å². The van der Waals surface area contributed by atoms with E-state index in [9.17, 15) is 14.4 Å². The van der Waals surface area contributed by atoms with Crippen molar-refractivity contribution in [3.63, 3.8) is 0 Å². The number of fused-ring (bicyclic) bond motifs is 2. The summed E-state index contributed by atoms with van der Waals surface area (Å²) in [5, 5.41) is 3.77. The Morgan fingerprint density at radius 1 is 1.16 bits per heavy atom. The maximum Gasteiger partial charge on any atom is 0.332 e. The zero-order valence-electron chi connectivity index (χ0n) is 21.1. The molecule has 5 rings (SSSR count). The molecule has 1 atom stereocenters. The van der Waals surface area contributed by atoms with Gasteiger partial charge in [0.25, 0.3) is 5.56 Å². The largest absolute Gasteiger partial charge is 0.354 e. The van der Waals surface area contributed by atoms with Crippen LogP contribution in [0.3, 0.4) is 0 Å². The highest BCUT2D eigenvalue weighted by molar-refractivity contribution is 5.80. The van der Waals surface area contributed by atoms with E-state index >= 15 is 0 Å². The van der Waals surface area contributed by atoms with Gasteiger partial charge in [0.1, 0.15) is 5.82 Å². The molecule has 1 fully saturated rings. The molecule has 37 heavy (non-hydrogen) atoms. The number of amides is 1. The van der Waals surface area contributed by atoms with Crippen LogP contribution in [0.4, 0.5) is 5.95 Å². The summed E-state index contributed by atoms with van der Waals surface area (Å²) in [6.07, 6.45) is 2.43. The van der Waals surface area contributed by atoms with Gasteiger partial charge >= 0.3 is 5.69 Å². The quantitative estimate of drug-likeness (QED) is 0.309. The lowest BCUT2D eigenvalue weighted by molar-refractivity contribution is -0.110. The molecule has 1 aliphatic heterocycles. The Morgan fingerprint density at radius 3 is 2.76 bits per heavy atom. The average molecular weight is 501 g/mol. The number of nitrogens with zero attached hydrogens (tertiary/aromatic N) is 7. The fraction of sp³-hybridized carbons (Fsp3) is 0.385. The number of anilines is 1. The van der Waals surface area contributed by atoms with Gasteiger partial charge in [0.15, 0.2) is 11.2 Å². The van der Waals surface area contributed by atoms with E-state index in [2.05, 4.69) is 27.1 Å². The van der Waals surface area contributed by atoms with E-state index in [1.54, 1.807) is 18.5 Å². The Morgan fingerprint density at radius 2 is 1.97 bits per heavy atom. The van der Waals surface area contributed by atoms with E-state index in [1.807, 2.05) is 36.1 Å². The van der Waals surface area contributed by atoms with Gasteiger partial charge < -0.3 is 10.2 Å². The number of aromatic nitrogens is 6. The molecule has 11 nitrogen and oxygen atoms in total. The molecular weight excluding hydrogens is 472 g/mol. The zero-order chi connectivity index (χ0) is 26.1. The molecule has 0 aliphatic carbocycles. The number of benzene rings is 1. The van der Waals surface area contributed by atoms with Gasteiger partial charge in [-0.2, -0.15) is 4.98 Å². The Labute approximate surface area is 212 Å². The molecule has 3 aromatic heterocycles. The second-order valence-electron chi connectivity index (χ2n) is 9.14. The molecule has 1 saturated heterocycles. The third-order valence-electron chi connectivity index (χ3n) is 6.77. The SMILES string of the molecule is CC#CCn1c(N2CCC[C@@H](NC=O)C2)nc2c1c(=O)n(Cc1nc(C)c3ccccc3n1)c(=O)n2C. The summed E-state index contributed by atoms with van der Waals surface area (Å²) in [6, 6.07) is 7.61. The van der Waals surface area contributed by atoms with Crippen molar-refractivity contribution in [3.8, 4) is 11.8 Å². The fourth-order valence-corrected chi connectivity index (χ4v) is 4.95. The van der Waals surface area contributed by atoms with Gasteiger partial charge in [-0.05, 0) is 32.8 Å². The van der Waals surface area contributed by atoms with Crippen LogP contribution < -0.4 is 21.5 Å². The Kier molecular flexibility index (Phi) is 6.48. The van der Waals surface area contributed by atoms with Crippen molar-refractivity contribution in [1.82, 2.24) is 34.0 Å². The lowest BCUT2D eigenvalue weighted by atomic mass is 10.1. The minimum Gasteiger partial charge on any atom is -0.354 e. The van der Waals surface area contributed by atoms with Crippen LogP contribution >= 0.6 is 0 Å². The van der Waals surface area contributed by atoms with Crippen molar-refractivity contribution < 1.29 is 4.79 Å². The van der Waals surface area contributed by atoms with Gasteiger partial charge in [-0.15, -0.1) is 5.92 Å². The average Bonchev–Trinajstić information content (AvgIpc) is 3.29. The molecule has 190 valence electrons. The van der Waals surface area contributed by atoms with Crippen LogP contribution in [0, 0.1) is 18.8 Å². The first-order valence-corrected chi connectivity index (χ1v) is 12.2. The van der Waals surface area contributed by atoms with Crippen LogP contribution in [0.5, 0.6) is 0 Å². The highest BCUT2D eigenvalue weighted by Gasteiger charge is 2.27. The number of piperidine rings is 1. The summed E-state index contributed by atoms with van der Waals surface area (Å²) in [5.41, 5.74) is 1.15. The number of carbonyl (C=O) groups excluding carboxylic acids is 1. The first-order chi connectivity index (χ1) is 17.9. The topological polar surface area (TPSA) is 120 Å². The number of rotatable bonds is 6. The lowest BCUT2D eigenvalue weighted by Crippen LogP contribution is -2.46. The van der Waals surface area contributed by atoms with Crippen LogP contribution in [0.2, 0.25) is 0 Å². The molecule has 1 aliphatic rings. The summed E-state index contributed by atoms with van der Waals surface area (Å²) in [4.78, 5) is 54.1. The molecule has 1 aromatic carbocycles. The first kappa shape index (κ1) is 24.2. The summed E-state index contributed by atoms with van der Waals surface area (Å²) in [7, 11) is 1.60. The lowest BCUT2D eigenvalue weighted by Gasteiger charge is -2.33. The van der Waals surface area contributed by atoms with Crippen molar-refractivity contribution in [2.24, 2.45) is 7.05 Å². The van der Waals surface area contributed by atoms with Crippen molar-refractivity contribution in [1.29, 1.82) is 0 Å². The minimum absolute atomic E-state index is 0.0226. The molecule has 4 heterocycles. The molecule has 4 aromatic rings. The number of para-hydroxylation sites is 1. The molecule has 0 unspecified atom stereocenters. The van der Waals surface area contributed by atoms with E-state index in [-0.39, 0.29) is 19.1 Å². The summed E-state index contributed by atoms with van der Waals surface area (Å²) in [5.74, 6) is 6.85. The maximum atomic E-state index is 13.8. The third-order valence-corrected chi connectivity index (χ3v) is 6.77. The molecule has 0 spiro atoms. The fourth-order valence-electron chi connectivity index (χ4n) is 4.95. The van der Waals surface area contributed by atoms with Crippen molar-refractivity contribution in [2.75, 3.05) is 18.0 Å². The molecule has 0 radical (unpaired) electrons. The van der Waals surface area contributed by atoms with Crippen molar-refractivity contribution >= 4 is 34.4 Å². The molecule has 1 N–H and O–H groups in total. The van der Waals surface area contributed by atoms with E-state index in [0.717, 1.165) is 34.0 Å². The monoisotopic (exact) mass is 500 g/mol. The molecule has 11 heteroatoms. The number of imidazole rings is 1. The smallest absolute Gasteiger partial charge is 0.332 e. The van der Waals surface area contributed by atoms with E-state index in [0.29, 0.717) is 42.4 Å². The number of nitrogens with one attached hydrogen (secondary N) is 1. The van der Waals surface area contributed by atoms with E-state index in [1.165, 1.54) is 4.57 Å². The highest BCUT2D eigenvalue weighted by Crippen LogP contribution is 2.23. The number of hydrogen-bond donors (Lipinski definition) is 1. The molecule has 1 amide bonds. The normalized spacial score (nSPS) is 15.5. The third kappa shape index (κ3) is 4.35. The maximum absolute atomic E-state index is 13.8. The van der Waals surface area contributed by atoms with Crippen molar-refractivity contribution in [3.05, 3.63) is 56.6 Å². The molecular formula is C26H28N8O3. The minimum atomic E-state index is -0.496. The Bertz CT molecular complexity index is 1690. The van der Waals surface area contributed by atoms with Crippen LogP contribution in [0.1, 0.15) is 31.3 Å². The van der Waals surface area contributed by atoms with Crippen LogP contribution in [-0.2, 0) is 24.9 Å². The summed E-state index contributed by atoms with van der Waals surface area (Å²) >= 11 is 0. The number of hydrogen-bond acceptors (Lipinski definition) is 7.